The first-order chi connectivity index (χ1) is 11.2. The summed E-state index contributed by atoms with van der Waals surface area (Å²) in [5.41, 5.74) is 1.02. The Labute approximate surface area is 138 Å². The molecule has 1 amide bonds. The third kappa shape index (κ3) is 6.59. The summed E-state index contributed by atoms with van der Waals surface area (Å²) in [6.07, 6.45) is 4.68. The van der Waals surface area contributed by atoms with Crippen LogP contribution in [0.4, 0.5) is 0 Å². The molecule has 1 aliphatic rings. The highest BCUT2D eigenvalue weighted by Crippen LogP contribution is 2.27. The molecule has 5 nitrogen and oxygen atoms in total. The summed E-state index contributed by atoms with van der Waals surface area (Å²) < 4.78 is 10.6. The molecule has 0 saturated heterocycles. The summed E-state index contributed by atoms with van der Waals surface area (Å²) in [7, 11) is 1.63. The highest BCUT2D eigenvalue weighted by atomic mass is 16.5. The van der Waals surface area contributed by atoms with Gasteiger partial charge in [0.1, 0.15) is 5.75 Å². The van der Waals surface area contributed by atoms with E-state index < -0.39 is 6.10 Å². The Balaban J connectivity index is 1.56. The number of amides is 1. The molecule has 0 aromatic heterocycles. The fourth-order valence-corrected chi connectivity index (χ4v) is 2.87. The fourth-order valence-electron chi connectivity index (χ4n) is 2.87. The van der Waals surface area contributed by atoms with Crippen LogP contribution in [0.2, 0.25) is 0 Å². The topological polar surface area (TPSA) is 67.8 Å². The van der Waals surface area contributed by atoms with E-state index in [2.05, 4.69) is 5.32 Å². The molecule has 23 heavy (non-hydrogen) atoms. The minimum atomic E-state index is -0.680. The van der Waals surface area contributed by atoms with Crippen molar-refractivity contribution in [2.45, 2.75) is 44.8 Å². The number of methoxy groups -OCH3 is 1. The van der Waals surface area contributed by atoms with E-state index in [9.17, 15) is 9.90 Å². The first-order valence-electron chi connectivity index (χ1n) is 8.33. The molecule has 1 aromatic carbocycles. The highest BCUT2D eigenvalue weighted by Gasteiger charge is 2.18. The molecule has 1 fully saturated rings. The number of ether oxygens (including phenoxy) is 2. The second-order valence-electron chi connectivity index (χ2n) is 6.18. The van der Waals surface area contributed by atoms with Crippen LogP contribution in [0.3, 0.4) is 0 Å². The maximum Gasteiger partial charge on any atom is 0.220 e. The molecule has 1 aromatic rings. The van der Waals surface area contributed by atoms with Crippen LogP contribution in [0.25, 0.3) is 0 Å². The minimum absolute atomic E-state index is 0.0334. The zero-order valence-electron chi connectivity index (χ0n) is 13.8. The molecule has 0 aliphatic heterocycles. The predicted molar refractivity (Wildman–Crippen MR) is 88.2 cm³/mol. The lowest BCUT2D eigenvalue weighted by atomic mass is 10.0. The average molecular weight is 321 g/mol. The summed E-state index contributed by atoms with van der Waals surface area (Å²) in [5.74, 6) is 1.36. The number of carbonyl (C=O) groups excluding carboxylic acids is 1. The van der Waals surface area contributed by atoms with Crippen LogP contribution < -0.4 is 10.1 Å². The summed E-state index contributed by atoms with van der Waals surface area (Å²) in [6, 6.07) is 7.60. The van der Waals surface area contributed by atoms with Crippen molar-refractivity contribution >= 4 is 5.91 Å². The van der Waals surface area contributed by atoms with Crippen LogP contribution in [0.5, 0.6) is 5.75 Å². The summed E-state index contributed by atoms with van der Waals surface area (Å²) in [6.45, 7) is 0.876. The Morgan fingerprint density at radius 2 is 2.00 bits per heavy atom. The molecule has 0 spiro atoms. The van der Waals surface area contributed by atoms with Crippen molar-refractivity contribution < 1.29 is 19.4 Å². The van der Waals surface area contributed by atoms with Crippen LogP contribution in [-0.2, 0) is 16.1 Å². The van der Waals surface area contributed by atoms with Gasteiger partial charge in [0, 0.05) is 13.0 Å². The lowest BCUT2D eigenvalue weighted by molar-refractivity contribution is -0.122. The van der Waals surface area contributed by atoms with E-state index in [-0.39, 0.29) is 19.1 Å². The Bertz CT molecular complexity index is 468. The van der Waals surface area contributed by atoms with Crippen molar-refractivity contribution in [1.82, 2.24) is 5.32 Å². The Kier molecular flexibility index (Phi) is 7.36. The van der Waals surface area contributed by atoms with Gasteiger partial charge in [-0.1, -0.05) is 25.0 Å². The second-order valence-corrected chi connectivity index (χ2v) is 6.18. The molecule has 0 radical (unpaired) electrons. The van der Waals surface area contributed by atoms with Gasteiger partial charge >= 0.3 is 0 Å². The fraction of sp³-hybridized carbons (Fsp3) is 0.611. The number of benzene rings is 1. The third-order valence-corrected chi connectivity index (χ3v) is 4.22. The van der Waals surface area contributed by atoms with Gasteiger partial charge in [0.05, 0.1) is 26.4 Å². The largest absolute Gasteiger partial charge is 0.497 e. The van der Waals surface area contributed by atoms with Crippen molar-refractivity contribution in [3.8, 4) is 5.75 Å². The second kappa shape index (κ2) is 9.53. The standard InChI is InChI=1S/C18H27NO4/c1-22-17-8-6-15(7-9-17)12-23-13-16(20)11-19-18(21)10-14-4-2-3-5-14/h6-9,14,16,20H,2-5,10-13H2,1H3,(H,19,21)/t16-/m1/s1. The number of carbonyl (C=O) groups is 1. The molecule has 2 rings (SSSR count). The Hall–Kier alpha value is -1.59. The number of aliphatic hydroxyl groups is 1. The van der Waals surface area contributed by atoms with E-state index in [0.717, 1.165) is 24.2 Å². The van der Waals surface area contributed by atoms with E-state index in [0.29, 0.717) is 18.9 Å². The van der Waals surface area contributed by atoms with Crippen molar-refractivity contribution in [2.24, 2.45) is 5.92 Å². The van der Waals surface area contributed by atoms with Gasteiger partial charge < -0.3 is 19.9 Å². The van der Waals surface area contributed by atoms with Crippen molar-refractivity contribution in [2.75, 3.05) is 20.3 Å². The maximum absolute atomic E-state index is 11.8. The van der Waals surface area contributed by atoms with Gasteiger partial charge in [0.15, 0.2) is 0 Å². The van der Waals surface area contributed by atoms with Gasteiger partial charge in [-0.15, -0.1) is 0 Å². The molecule has 0 unspecified atom stereocenters. The van der Waals surface area contributed by atoms with E-state index >= 15 is 0 Å². The van der Waals surface area contributed by atoms with Crippen LogP contribution in [0.15, 0.2) is 24.3 Å². The maximum atomic E-state index is 11.8. The Morgan fingerprint density at radius 1 is 1.30 bits per heavy atom. The molecule has 1 atom stereocenters. The first kappa shape index (κ1) is 17.8. The molecular formula is C18H27NO4. The summed E-state index contributed by atoms with van der Waals surface area (Å²) >= 11 is 0. The lowest BCUT2D eigenvalue weighted by Crippen LogP contribution is -2.35. The van der Waals surface area contributed by atoms with Crippen LogP contribution in [0.1, 0.15) is 37.7 Å². The van der Waals surface area contributed by atoms with Gasteiger partial charge in [0.2, 0.25) is 5.91 Å². The molecule has 2 N–H and O–H groups in total. The molecule has 1 aliphatic carbocycles. The molecule has 0 heterocycles. The molecule has 0 bridgehead atoms. The molecule has 5 heteroatoms. The van der Waals surface area contributed by atoms with Crippen molar-refractivity contribution in [1.29, 1.82) is 0 Å². The normalized spacial score (nSPS) is 16.3. The van der Waals surface area contributed by atoms with Gasteiger partial charge in [-0.2, -0.15) is 0 Å². The monoisotopic (exact) mass is 321 g/mol. The SMILES string of the molecule is COc1ccc(COC[C@H](O)CNC(=O)CC2CCCC2)cc1. The summed E-state index contributed by atoms with van der Waals surface area (Å²) in [5, 5.41) is 12.6. The van der Waals surface area contributed by atoms with E-state index in [1.165, 1.54) is 12.8 Å². The Morgan fingerprint density at radius 3 is 2.65 bits per heavy atom. The average Bonchev–Trinajstić information content (AvgIpc) is 3.06. The van der Waals surface area contributed by atoms with Gasteiger partial charge in [-0.3, -0.25) is 4.79 Å². The number of nitrogens with one attached hydrogen (secondary N) is 1. The minimum Gasteiger partial charge on any atom is -0.497 e. The van der Waals surface area contributed by atoms with Crippen molar-refractivity contribution in [3.63, 3.8) is 0 Å². The third-order valence-electron chi connectivity index (χ3n) is 4.22. The molecular weight excluding hydrogens is 294 g/mol. The number of rotatable bonds is 9. The molecule has 1 saturated carbocycles. The van der Waals surface area contributed by atoms with Crippen molar-refractivity contribution in [3.05, 3.63) is 29.8 Å². The smallest absolute Gasteiger partial charge is 0.220 e. The van der Waals surface area contributed by atoms with E-state index in [1.54, 1.807) is 7.11 Å². The number of aliphatic hydroxyl groups excluding tert-OH is 1. The number of hydrogen-bond acceptors (Lipinski definition) is 4. The van der Waals surface area contributed by atoms with Gasteiger partial charge in [0.25, 0.3) is 0 Å². The zero-order chi connectivity index (χ0) is 16.5. The lowest BCUT2D eigenvalue weighted by Gasteiger charge is -2.14. The number of hydrogen-bond donors (Lipinski definition) is 2. The molecule has 128 valence electrons. The van der Waals surface area contributed by atoms with E-state index in [1.807, 2.05) is 24.3 Å². The highest BCUT2D eigenvalue weighted by molar-refractivity contribution is 5.76. The van der Waals surface area contributed by atoms with E-state index in [4.69, 9.17) is 9.47 Å². The zero-order valence-corrected chi connectivity index (χ0v) is 13.8. The van der Waals surface area contributed by atoms with Crippen LogP contribution in [0, 0.1) is 5.92 Å². The van der Waals surface area contributed by atoms with Crippen LogP contribution >= 0.6 is 0 Å². The quantitative estimate of drug-likeness (QED) is 0.732. The van der Waals surface area contributed by atoms with Gasteiger partial charge in [-0.05, 0) is 36.5 Å². The first-order valence-corrected chi connectivity index (χ1v) is 8.33. The van der Waals surface area contributed by atoms with Crippen LogP contribution in [-0.4, -0.2) is 37.4 Å². The van der Waals surface area contributed by atoms with Gasteiger partial charge in [-0.25, -0.2) is 0 Å². The summed E-state index contributed by atoms with van der Waals surface area (Å²) in [4.78, 5) is 11.8. The predicted octanol–water partition coefficient (Wildman–Crippen LogP) is 2.27.